The third kappa shape index (κ3) is 3.25. The smallest absolute Gasteiger partial charge is 0.269 e. The molecule has 1 aromatic heterocycles. The lowest BCUT2D eigenvalue weighted by molar-refractivity contribution is -0.384. The summed E-state index contributed by atoms with van der Waals surface area (Å²) in [5.41, 5.74) is 2.79. The van der Waals surface area contributed by atoms with E-state index in [9.17, 15) is 24.5 Å². The number of para-hydroxylation sites is 1. The number of ether oxygens (including phenoxy) is 1. The second kappa shape index (κ2) is 8.67. The summed E-state index contributed by atoms with van der Waals surface area (Å²) in [7, 11) is 0. The molecule has 0 N–H and O–H groups in total. The van der Waals surface area contributed by atoms with Crippen LogP contribution in [0.3, 0.4) is 0 Å². The second-order valence-corrected chi connectivity index (χ2v) is 11.1. The van der Waals surface area contributed by atoms with E-state index in [0.717, 1.165) is 16.2 Å². The maximum atomic E-state index is 13.8. The highest BCUT2D eigenvalue weighted by atomic mass is 16.6. The van der Waals surface area contributed by atoms with Crippen LogP contribution in [0.5, 0.6) is 0 Å². The van der Waals surface area contributed by atoms with Crippen molar-refractivity contribution in [2.45, 2.75) is 25.2 Å². The molecule has 2 amide bonds. The van der Waals surface area contributed by atoms with E-state index in [1.807, 2.05) is 43.3 Å². The maximum absolute atomic E-state index is 13.8. The van der Waals surface area contributed by atoms with Crippen molar-refractivity contribution in [2.75, 3.05) is 9.91 Å². The number of imide groups is 1. The number of hydrogen-bond donors (Lipinski definition) is 0. The summed E-state index contributed by atoms with van der Waals surface area (Å²) in [6.07, 6.45) is 0.0452. The molecule has 3 fully saturated rings. The highest BCUT2D eigenvalue weighted by Crippen LogP contribution is 2.56. The summed E-state index contributed by atoms with van der Waals surface area (Å²) >= 11 is 0. The molecule has 5 heterocycles. The number of aryl methyl sites for hydroxylation is 1. The van der Waals surface area contributed by atoms with Crippen LogP contribution in [0, 0.1) is 34.8 Å². The predicted octanol–water partition coefficient (Wildman–Crippen LogP) is 3.81. The summed E-state index contributed by atoms with van der Waals surface area (Å²) in [5.74, 6) is -2.85. The molecular weight excluding hydrogens is 540 g/mol. The SMILES string of the molecule is Cc1ccc2occ(C3=NN(c4ccccc4)C4C5OC(C6C(=O)N(c7ccc([N+](=O)[O-])cc7)C(=O)C56)C34)c(=O)c2c1. The van der Waals surface area contributed by atoms with Gasteiger partial charge in [0.25, 0.3) is 5.69 Å². The maximum Gasteiger partial charge on any atom is 0.269 e. The van der Waals surface area contributed by atoms with Gasteiger partial charge in [-0.3, -0.25) is 29.5 Å². The van der Waals surface area contributed by atoms with E-state index < -0.39 is 52.7 Å². The lowest BCUT2D eigenvalue weighted by Crippen LogP contribution is -2.50. The van der Waals surface area contributed by atoms with Gasteiger partial charge in [0.2, 0.25) is 17.2 Å². The van der Waals surface area contributed by atoms with Crippen LogP contribution in [-0.4, -0.2) is 40.7 Å². The van der Waals surface area contributed by atoms with E-state index in [2.05, 4.69) is 0 Å². The minimum Gasteiger partial charge on any atom is -0.463 e. The zero-order valence-electron chi connectivity index (χ0n) is 22.1. The summed E-state index contributed by atoms with van der Waals surface area (Å²) < 4.78 is 12.3. The van der Waals surface area contributed by atoms with Crippen molar-refractivity contribution < 1.29 is 23.7 Å². The predicted molar refractivity (Wildman–Crippen MR) is 151 cm³/mol. The van der Waals surface area contributed by atoms with E-state index >= 15 is 0 Å². The minimum absolute atomic E-state index is 0.139. The molecule has 6 unspecified atom stereocenters. The molecular formula is C31H22N4O7. The zero-order valence-corrected chi connectivity index (χ0v) is 22.1. The number of carbonyl (C=O) groups excluding carboxylic acids is 2. The first-order valence-corrected chi connectivity index (χ1v) is 13.6. The number of non-ortho nitro benzene ring substituents is 1. The highest BCUT2D eigenvalue weighted by molar-refractivity contribution is 6.23. The number of nitro groups is 1. The van der Waals surface area contributed by atoms with Crippen LogP contribution < -0.4 is 15.3 Å². The number of amides is 2. The number of benzene rings is 3. The number of anilines is 2. The number of fused-ring (bicyclic) bond motifs is 9. The van der Waals surface area contributed by atoms with Crippen LogP contribution in [0.25, 0.3) is 11.0 Å². The Hall–Kier alpha value is -5.16. The number of carbonyl (C=O) groups is 2. The normalized spacial score (nSPS) is 27.5. The van der Waals surface area contributed by atoms with Gasteiger partial charge in [-0.05, 0) is 43.3 Å². The molecule has 4 aliphatic heterocycles. The first-order valence-electron chi connectivity index (χ1n) is 13.6. The number of rotatable bonds is 4. The van der Waals surface area contributed by atoms with Crippen LogP contribution >= 0.6 is 0 Å². The molecule has 4 aromatic rings. The summed E-state index contributed by atoms with van der Waals surface area (Å²) in [6.45, 7) is 1.90. The van der Waals surface area contributed by atoms with Crippen molar-refractivity contribution in [1.82, 2.24) is 0 Å². The second-order valence-electron chi connectivity index (χ2n) is 11.1. The average molecular weight is 563 g/mol. The molecule has 2 bridgehead atoms. The molecule has 208 valence electrons. The molecule has 0 aliphatic carbocycles. The van der Waals surface area contributed by atoms with Crippen LogP contribution in [0.15, 0.2) is 93.4 Å². The molecule has 0 saturated carbocycles. The molecule has 42 heavy (non-hydrogen) atoms. The molecule has 3 saturated heterocycles. The fourth-order valence-corrected chi connectivity index (χ4v) is 7.06. The van der Waals surface area contributed by atoms with Gasteiger partial charge in [0, 0.05) is 12.1 Å². The van der Waals surface area contributed by atoms with Crippen molar-refractivity contribution in [3.63, 3.8) is 0 Å². The Bertz CT molecular complexity index is 1920. The van der Waals surface area contributed by atoms with E-state index in [4.69, 9.17) is 14.3 Å². The molecule has 4 aliphatic rings. The van der Waals surface area contributed by atoms with E-state index in [0.29, 0.717) is 22.2 Å². The van der Waals surface area contributed by atoms with Crippen molar-refractivity contribution in [2.24, 2.45) is 22.9 Å². The van der Waals surface area contributed by atoms with Crippen LogP contribution in [0.4, 0.5) is 17.1 Å². The van der Waals surface area contributed by atoms with Gasteiger partial charge >= 0.3 is 0 Å². The molecule has 0 spiro atoms. The Morgan fingerprint density at radius 2 is 1.57 bits per heavy atom. The van der Waals surface area contributed by atoms with E-state index in [1.54, 1.807) is 17.1 Å². The standard InChI is InChI=1S/C31H22N4O7/c1-15-7-12-21-19(13-15)27(36)20(14-41-21)25-24-26(34(32-25)17-5-3-2-4-6-17)29-23-22(28(24)42-29)30(37)33(31(23)38)16-8-10-18(11-9-16)35(39)40/h2-14,22-24,26,28-29H,1H3. The summed E-state index contributed by atoms with van der Waals surface area (Å²) in [5, 5.41) is 18.3. The third-order valence-corrected chi connectivity index (χ3v) is 8.84. The average Bonchev–Trinajstić information content (AvgIpc) is 3.73. The van der Waals surface area contributed by atoms with Crippen LogP contribution in [0.1, 0.15) is 11.1 Å². The number of hydrazone groups is 1. The topological polar surface area (TPSA) is 136 Å². The summed E-state index contributed by atoms with van der Waals surface area (Å²) in [4.78, 5) is 53.1. The van der Waals surface area contributed by atoms with E-state index in [-0.39, 0.29) is 16.8 Å². The highest BCUT2D eigenvalue weighted by Gasteiger charge is 2.72. The fraction of sp³-hybridized carbons (Fsp3) is 0.226. The van der Waals surface area contributed by atoms with Crippen LogP contribution in [-0.2, 0) is 14.3 Å². The van der Waals surface area contributed by atoms with Gasteiger partial charge in [0.1, 0.15) is 11.8 Å². The Morgan fingerprint density at radius 3 is 2.29 bits per heavy atom. The fourth-order valence-electron chi connectivity index (χ4n) is 7.06. The first kappa shape index (κ1) is 24.6. The molecule has 11 nitrogen and oxygen atoms in total. The monoisotopic (exact) mass is 562 g/mol. The van der Waals surface area contributed by atoms with Gasteiger partial charge in [-0.2, -0.15) is 5.10 Å². The lowest BCUT2D eigenvalue weighted by atomic mass is 9.70. The third-order valence-electron chi connectivity index (χ3n) is 8.84. The van der Waals surface area contributed by atoms with Crippen molar-refractivity contribution in [1.29, 1.82) is 0 Å². The van der Waals surface area contributed by atoms with Gasteiger partial charge < -0.3 is 9.15 Å². The molecule has 8 rings (SSSR count). The minimum atomic E-state index is -0.783. The zero-order chi connectivity index (χ0) is 28.9. The van der Waals surface area contributed by atoms with E-state index in [1.165, 1.54) is 30.5 Å². The Labute approximate surface area is 237 Å². The largest absolute Gasteiger partial charge is 0.463 e. The molecule has 0 radical (unpaired) electrons. The van der Waals surface area contributed by atoms with Crippen molar-refractivity contribution in [3.05, 3.63) is 111 Å². The van der Waals surface area contributed by atoms with Gasteiger partial charge in [-0.15, -0.1) is 0 Å². The van der Waals surface area contributed by atoms with Crippen molar-refractivity contribution >= 4 is 45.6 Å². The Kier molecular flexibility index (Phi) is 5.08. The number of hydrogen-bond acceptors (Lipinski definition) is 9. The van der Waals surface area contributed by atoms with Gasteiger partial charge in [0.15, 0.2) is 0 Å². The number of nitrogens with zero attached hydrogens (tertiary/aromatic N) is 4. The van der Waals surface area contributed by atoms with Gasteiger partial charge in [0.05, 0.1) is 69.0 Å². The Morgan fingerprint density at radius 1 is 0.857 bits per heavy atom. The summed E-state index contributed by atoms with van der Waals surface area (Å²) in [6, 6.07) is 19.7. The molecule has 3 aromatic carbocycles. The lowest BCUT2D eigenvalue weighted by Gasteiger charge is -2.32. The molecule has 11 heteroatoms. The number of nitro benzene ring substituents is 1. The van der Waals surface area contributed by atoms with Crippen LogP contribution in [0.2, 0.25) is 0 Å². The first-order chi connectivity index (χ1) is 20.3. The van der Waals surface area contributed by atoms with Gasteiger partial charge in [-0.25, -0.2) is 4.90 Å². The quantitative estimate of drug-likeness (QED) is 0.208. The Balaban J connectivity index is 1.23. The van der Waals surface area contributed by atoms with Gasteiger partial charge in [-0.1, -0.05) is 29.8 Å². The molecule has 6 atom stereocenters. The van der Waals surface area contributed by atoms with Crippen molar-refractivity contribution in [3.8, 4) is 0 Å².